The van der Waals surface area contributed by atoms with Gasteiger partial charge in [0.1, 0.15) is 5.60 Å². The largest absolute Gasteiger partial charge is 0.458 e. The molecule has 3 aromatic rings. The van der Waals surface area contributed by atoms with Crippen molar-refractivity contribution < 1.29 is 19.2 Å². The number of H-pyrrole nitrogens is 1. The highest BCUT2D eigenvalue weighted by Crippen LogP contribution is 2.33. The third-order valence-corrected chi connectivity index (χ3v) is 4.77. The number of aromatic nitrogens is 2. The summed E-state index contributed by atoms with van der Waals surface area (Å²) in [5, 5.41) is 2.26. The van der Waals surface area contributed by atoms with Gasteiger partial charge >= 0.3 is 5.97 Å². The second-order valence-corrected chi connectivity index (χ2v) is 8.03. The van der Waals surface area contributed by atoms with Crippen LogP contribution in [0, 0.1) is 5.92 Å². The number of carbonyl (C=O) groups is 2. The molecule has 1 saturated heterocycles. The fraction of sp³-hybridized carbons (Fsp3) is 0.318. The van der Waals surface area contributed by atoms with Crippen molar-refractivity contribution in [1.82, 2.24) is 9.97 Å². The van der Waals surface area contributed by atoms with E-state index in [9.17, 15) is 9.59 Å². The monoisotopic (exact) mass is 393 g/mol. The summed E-state index contributed by atoms with van der Waals surface area (Å²) in [6.45, 7) is 5.47. The minimum atomic E-state index is -0.903. The molecule has 1 fully saturated rings. The summed E-state index contributed by atoms with van der Waals surface area (Å²) in [5.74, 6) is -1.37. The van der Waals surface area contributed by atoms with Gasteiger partial charge in [0, 0.05) is 28.9 Å². The van der Waals surface area contributed by atoms with Crippen LogP contribution >= 0.6 is 0 Å². The average molecular weight is 393 g/mol. The molecule has 3 heterocycles. The lowest BCUT2D eigenvalue weighted by atomic mass is 9.91. The number of rotatable bonds is 4. The van der Waals surface area contributed by atoms with Gasteiger partial charge < -0.3 is 9.72 Å². The second kappa shape index (κ2) is 7.33. The van der Waals surface area contributed by atoms with Crippen LogP contribution in [0.4, 0.5) is 5.69 Å². The number of nitrogens with one attached hydrogen (secondary N) is 1. The number of nitrogens with zero attached hydrogens (tertiary/aromatic N) is 2. The predicted molar refractivity (Wildman–Crippen MR) is 108 cm³/mol. The Bertz CT molecular complexity index is 1040. The summed E-state index contributed by atoms with van der Waals surface area (Å²) < 4.78 is 5.62. The first kappa shape index (κ1) is 19.1. The first-order valence-electron chi connectivity index (χ1n) is 9.50. The van der Waals surface area contributed by atoms with Gasteiger partial charge in [-0.2, -0.15) is 0 Å². The summed E-state index contributed by atoms with van der Waals surface area (Å²) in [6, 6.07) is 10.2. The number of hydrogen-bond donors (Lipinski definition) is 1. The lowest BCUT2D eigenvalue weighted by Gasteiger charge is -2.28. The molecule has 0 spiro atoms. The number of pyridine rings is 1. The molecular weight excluding hydrogens is 370 g/mol. The molecule has 150 valence electrons. The molecule has 1 aliphatic heterocycles. The number of hydroxylamine groups is 1. The van der Waals surface area contributed by atoms with Crippen molar-refractivity contribution >= 4 is 28.3 Å². The summed E-state index contributed by atoms with van der Waals surface area (Å²) in [4.78, 5) is 39.5. The molecule has 0 bridgehead atoms. The van der Waals surface area contributed by atoms with E-state index in [-0.39, 0.29) is 12.4 Å². The SMILES string of the molecule is CC(C)(C)OC(=O)C1C(C(=O)c2c[nH]c3ccccc23)CON1c1cccnc1. The normalized spacial score (nSPS) is 19.5. The Morgan fingerprint density at radius 2 is 2.00 bits per heavy atom. The number of para-hydroxylation sites is 1. The van der Waals surface area contributed by atoms with Crippen molar-refractivity contribution in [2.45, 2.75) is 32.4 Å². The van der Waals surface area contributed by atoms with E-state index in [4.69, 9.17) is 9.57 Å². The molecule has 4 rings (SSSR count). The molecule has 0 radical (unpaired) electrons. The number of aromatic amines is 1. The minimum Gasteiger partial charge on any atom is -0.458 e. The van der Waals surface area contributed by atoms with E-state index >= 15 is 0 Å². The molecule has 0 saturated carbocycles. The Hall–Kier alpha value is -3.19. The van der Waals surface area contributed by atoms with Crippen LogP contribution in [-0.2, 0) is 14.4 Å². The molecule has 29 heavy (non-hydrogen) atoms. The highest BCUT2D eigenvalue weighted by atomic mass is 16.7. The fourth-order valence-corrected chi connectivity index (χ4v) is 3.53. The number of benzene rings is 1. The lowest BCUT2D eigenvalue weighted by molar-refractivity contribution is -0.157. The van der Waals surface area contributed by atoms with Crippen LogP contribution in [-0.4, -0.2) is 40.0 Å². The average Bonchev–Trinajstić information content (AvgIpc) is 3.31. The maximum absolute atomic E-state index is 13.4. The van der Waals surface area contributed by atoms with Gasteiger partial charge in [-0.15, -0.1) is 0 Å². The van der Waals surface area contributed by atoms with Gasteiger partial charge in [-0.05, 0) is 39.0 Å². The zero-order chi connectivity index (χ0) is 20.6. The summed E-state index contributed by atoms with van der Waals surface area (Å²) in [5.41, 5.74) is 1.32. The maximum Gasteiger partial charge on any atom is 0.332 e. The highest BCUT2D eigenvalue weighted by molar-refractivity contribution is 6.10. The second-order valence-electron chi connectivity index (χ2n) is 8.03. The van der Waals surface area contributed by atoms with Crippen molar-refractivity contribution in [1.29, 1.82) is 0 Å². The molecule has 0 aliphatic carbocycles. The first-order chi connectivity index (χ1) is 13.8. The third kappa shape index (κ3) is 3.73. The molecule has 2 aromatic heterocycles. The van der Waals surface area contributed by atoms with E-state index in [0.717, 1.165) is 10.9 Å². The molecule has 1 aliphatic rings. The Balaban J connectivity index is 1.71. The number of esters is 1. The molecule has 1 aromatic carbocycles. The van der Waals surface area contributed by atoms with Crippen LogP contribution in [0.2, 0.25) is 0 Å². The zero-order valence-electron chi connectivity index (χ0n) is 16.6. The lowest BCUT2D eigenvalue weighted by Crippen LogP contribution is -2.45. The standard InChI is InChI=1S/C22H23N3O4/c1-22(2,3)29-21(27)19-17(13-28-25(19)14-7-6-10-23-11-14)20(26)16-12-24-18-9-5-4-8-15(16)18/h4-12,17,19,24H,13H2,1-3H3. The highest BCUT2D eigenvalue weighted by Gasteiger charge is 2.47. The van der Waals surface area contributed by atoms with E-state index in [2.05, 4.69) is 9.97 Å². The minimum absolute atomic E-state index is 0.0805. The van der Waals surface area contributed by atoms with Crippen LogP contribution in [0.1, 0.15) is 31.1 Å². The van der Waals surface area contributed by atoms with Crippen molar-refractivity contribution in [3.63, 3.8) is 0 Å². The zero-order valence-corrected chi connectivity index (χ0v) is 16.6. The Labute approximate surface area is 168 Å². The van der Waals surface area contributed by atoms with Crippen molar-refractivity contribution in [2.75, 3.05) is 11.7 Å². The molecule has 7 nitrogen and oxygen atoms in total. The summed E-state index contributed by atoms with van der Waals surface area (Å²) in [7, 11) is 0. The Morgan fingerprint density at radius 1 is 1.21 bits per heavy atom. The van der Waals surface area contributed by atoms with E-state index < -0.39 is 23.5 Å². The van der Waals surface area contributed by atoms with Crippen LogP contribution in [0.15, 0.2) is 55.0 Å². The molecular formula is C22H23N3O4. The van der Waals surface area contributed by atoms with Crippen LogP contribution < -0.4 is 5.06 Å². The molecule has 7 heteroatoms. The van der Waals surface area contributed by atoms with Gasteiger partial charge in [0.25, 0.3) is 0 Å². The van der Waals surface area contributed by atoms with Gasteiger partial charge in [0.05, 0.1) is 24.4 Å². The molecule has 2 unspecified atom stereocenters. The number of carbonyl (C=O) groups excluding carboxylic acids is 2. The van der Waals surface area contributed by atoms with E-state index in [1.54, 1.807) is 51.5 Å². The Morgan fingerprint density at radius 3 is 2.72 bits per heavy atom. The van der Waals surface area contributed by atoms with Gasteiger partial charge in [-0.3, -0.25) is 14.6 Å². The summed E-state index contributed by atoms with van der Waals surface area (Å²) in [6.07, 6.45) is 4.92. The Kier molecular flexibility index (Phi) is 4.84. The van der Waals surface area contributed by atoms with Crippen LogP contribution in [0.3, 0.4) is 0 Å². The first-order valence-corrected chi connectivity index (χ1v) is 9.50. The van der Waals surface area contributed by atoms with Crippen molar-refractivity contribution in [3.8, 4) is 0 Å². The molecule has 2 atom stereocenters. The van der Waals surface area contributed by atoms with Crippen molar-refractivity contribution in [3.05, 3.63) is 60.6 Å². The quantitative estimate of drug-likeness (QED) is 0.539. The van der Waals surface area contributed by atoms with E-state index in [0.29, 0.717) is 11.3 Å². The summed E-state index contributed by atoms with van der Waals surface area (Å²) >= 11 is 0. The number of ether oxygens (including phenoxy) is 1. The van der Waals surface area contributed by atoms with Crippen molar-refractivity contribution in [2.24, 2.45) is 5.92 Å². The molecule has 1 N–H and O–H groups in total. The number of hydrogen-bond acceptors (Lipinski definition) is 6. The number of fused-ring (bicyclic) bond motifs is 1. The third-order valence-electron chi connectivity index (χ3n) is 4.77. The van der Waals surface area contributed by atoms with E-state index in [1.165, 1.54) is 5.06 Å². The van der Waals surface area contributed by atoms with Gasteiger partial charge in [-0.25, -0.2) is 9.86 Å². The topological polar surface area (TPSA) is 84.5 Å². The fourth-order valence-electron chi connectivity index (χ4n) is 3.53. The van der Waals surface area contributed by atoms with Gasteiger partial charge in [0.15, 0.2) is 11.8 Å². The van der Waals surface area contributed by atoms with E-state index in [1.807, 2.05) is 24.3 Å². The number of Topliss-reactive ketones (excluding diaryl/α,β-unsaturated/α-hetero) is 1. The predicted octanol–water partition coefficient (Wildman–Crippen LogP) is 3.52. The number of anilines is 1. The van der Waals surface area contributed by atoms with Gasteiger partial charge in [-0.1, -0.05) is 18.2 Å². The number of ketones is 1. The smallest absolute Gasteiger partial charge is 0.332 e. The van der Waals surface area contributed by atoms with Crippen LogP contribution in [0.25, 0.3) is 10.9 Å². The molecule has 0 amide bonds. The maximum atomic E-state index is 13.4. The van der Waals surface area contributed by atoms with Gasteiger partial charge in [0.2, 0.25) is 0 Å². The van der Waals surface area contributed by atoms with Crippen LogP contribution in [0.5, 0.6) is 0 Å².